The molecule has 2 heterocycles. The van der Waals surface area contributed by atoms with Crippen molar-refractivity contribution in [2.24, 2.45) is 12.8 Å². The van der Waals surface area contributed by atoms with E-state index in [4.69, 9.17) is 17.3 Å². The second-order valence-corrected chi connectivity index (χ2v) is 4.24. The Kier molecular flexibility index (Phi) is 3.09. The molecule has 0 aliphatic carbocycles. The van der Waals surface area contributed by atoms with Gasteiger partial charge in [0.1, 0.15) is 11.0 Å². The molecular weight excluding hydrogens is 212 g/mol. The summed E-state index contributed by atoms with van der Waals surface area (Å²) in [6.07, 6.45) is 4.59. The number of hydrogen-bond donors (Lipinski definition) is 2. The first-order valence-corrected chi connectivity index (χ1v) is 5.36. The lowest BCUT2D eigenvalue weighted by Crippen LogP contribution is -2.38. The number of nitrogens with one attached hydrogen (secondary N) is 1. The summed E-state index contributed by atoms with van der Waals surface area (Å²) in [7, 11) is 1.92. The van der Waals surface area contributed by atoms with Crippen molar-refractivity contribution in [2.45, 2.75) is 12.5 Å². The lowest BCUT2D eigenvalue weighted by molar-refractivity contribution is 0.621. The van der Waals surface area contributed by atoms with Crippen LogP contribution in [0.4, 0.5) is 0 Å². The molecule has 0 fully saturated rings. The van der Waals surface area contributed by atoms with Gasteiger partial charge in [-0.1, -0.05) is 23.3 Å². The third-order valence-electron chi connectivity index (χ3n) is 2.59. The second-order valence-electron chi connectivity index (χ2n) is 3.85. The number of hydrogen-bond acceptors (Lipinski definition) is 3. The molecule has 1 aliphatic heterocycles. The third kappa shape index (κ3) is 2.40. The van der Waals surface area contributed by atoms with E-state index in [9.17, 15) is 0 Å². The molecule has 5 heteroatoms. The number of halogens is 1. The van der Waals surface area contributed by atoms with Crippen molar-refractivity contribution in [2.75, 3.05) is 13.1 Å². The summed E-state index contributed by atoms with van der Waals surface area (Å²) in [4.78, 5) is 4.26. The Balaban J connectivity index is 2.12. The zero-order valence-corrected chi connectivity index (χ0v) is 9.46. The van der Waals surface area contributed by atoms with E-state index in [1.54, 1.807) is 6.20 Å². The summed E-state index contributed by atoms with van der Waals surface area (Å²) < 4.78 is 1.89. The van der Waals surface area contributed by atoms with Gasteiger partial charge in [-0.05, 0) is 0 Å². The summed E-state index contributed by atoms with van der Waals surface area (Å²) in [6, 6.07) is 0.115. The predicted molar refractivity (Wildman–Crippen MR) is 60.9 cm³/mol. The van der Waals surface area contributed by atoms with Crippen molar-refractivity contribution in [1.82, 2.24) is 14.9 Å². The third-order valence-corrected chi connectivity index (χ3v) is 2.95. The Hall–Kier alpha value is -0.840. The van der Waals surface area contributed by atoms with Gasteiger partial charge >= 0.3 is 0 Å². The topological polar surface area (TPSA) is 55.9 Å². The van der Waals surface area contributed by atoms with E-state index in [-0.39, 0.29) is 6.04 Å². The molecule has 1 unspecified atom stereocenters. The minimum atomic E-state index is 0.115. The monoisotopic (exact) mass is 226 g/mol. The lowest BCUT2D eigenvalue weighted by atomic mass is 10.1. The van der Waals surface area contributed by atoms with Crippen LogP contribution >= 0.6 is 11.6 Å². The fraction of sp³-hybridized carbons (Fsp3) is 0.500. The Morgan fingerprint density at radius 2 is 2.53 bits per heavy atom. The average molecular weight is 227 g/mol. The van der Waals surface area contributed by atoms with Gasteiger partial charge < -0.3 is 15.6 Å². The normalized spacial score (nSPS) is 21.5. The zero-order valence-electron chi connectivity index (χ0n) is 8.70. The first-order valence-electron chi connectivity index (χ1n) is 4.99. The first-order chi connectivity index (χ1) is 7.16. The Bertz CT molecular complexity index is 383. The highest BCUT2D eigenvalue weighted by atomic mass is 35.5. The van der Waals surface area contributed by atoms with E-state index < -0.39 is 0 Å². The van der Waals surface area contributed by atoms with E-state index in [0.29, 0.717) is 5.15 Å². The van der Waals surface area contributed by atoms with Crippen LogP contribution in [0, 0.1) is 0 Å². The van der Waals surface area contributed by atoms with Crippen LogP contribution < -0.4 is 11.1 Å². The molecule has 1 atom stereocenters. The molecule has 2 rings (SSSR count). The van der Waals surface area contributed by atoms with Gasteiger partial charge in [-0.25, -0.2) is 4.98 Å². The fourth-order valence-electron chi connectivity index (χ4n) is 1.73. The van der Waals surface area contributed by atoms with Crippen molar-refractivity contribution in [3.8, 4) is 0 Å². The highest BCUT2D eigenvalue weighted by Crippen LogP contribution is 2.13. The quantitative estimate of drug-likeness (QED) is 0.721. The maximum absolute atomic E-state index is 5.92. The van der Waals surface area contributed by atoms with Crippen molar-refractivity contribution in [1.29, 1.82) is 0 Å². The van der Waals surface area contributed by atoms with Crippen molar-refractivity contribution >= 4 is 11.6 Å². The molecule has 0 aromatic carbocycles. The molecule has 0 saturated heterocycles. The number of nitrogens with zero attached hydrogens (tertiary/aromatic N) is 2. The van der Waals surface area contributed by atoms with Crippen LogP contribution in [0.3, 0.4) is 0 Å². The summed E-state index contributed by atoms with van der Waals surface area (Å²) >= 11 is 5.92. The smallest absolute Gasteiger partial charge is 0.128 e. The molecule has 0 saturated carbocycles. The number of nitrogens with two attached hydrogens (primary N) is 1. The fourth-order valence-corrected chi connectivity index (χ4v) is 1.88. The van der Waals surface area contributed by atoms with Crippen LogP contribution in [0.5, 0.6) is 0 Å². The van der Waals surface area contributed by atoms with Crippen LogP contribution in [-0.4, -0.2) is 28.7 Å². The van der Waals surface area contributed by atoms with E-state index in [2.05, 4.69) is 16.4 Å². The Morgan fingerprint density at radius 3 is 3.13 bits per heavy atom. The van der Waals surface area contributed by atoms with Crippen LogP contribution in [-0.2, 0) is 13.5 Å². The van der Waals surface area contributed by atoms with Crippen molar-refractivity contribution in [3.05, 3.63) is 28.8 Å². The van der Waals surface area contributed by atoms with Gasteiger partial charge in [-0.15, -0.1) is 0 Å². The molecule has 1 aliphatic rings. The maximum atomic E-state index is 5.92. The Morgan fingerprint density at radius 1 is 1.73 bits per heavy atom. The predicted octanol–water partition coefficient (Wildman–Crippen LogP) is 0.473. The minimum Gasteiger partial charge on any atom is -0.323 e. The average Bonchev–Trinajstić information content (AvgIpc) is 2.50. The van der Waals surface area contributed by atoms with E-state index in [1.807, 2.05) is 11.6 Å². The van der Waals surface area contributed by atoms with Crippen LogP contribution in [0.25, 0.3) is 0 Å². The molecule has 0 radical (unpaired) electrons. The lowest BCUT2D eigenvalue weighted by Gasteiger charge is -2.19. The van der Waals surface area contributed by atoms with Crippen LogP contribution in [0.2, 0.25) is 5.15 Å². The number of imidazole rings is 1. The van der Waals surface area contributed by atoms with Gasteiger partial charge in [0.05, 0.1) is 6.20 Å². The number of aromatic nitrogens is 2. The van der Waals surface area contributed by atoms with Gasteiger partial charge in [0.15, 0.2) is 0 Å². The van der Waals surface area contributed by atoms with E-state index >= 15 is 0 Å². The summed E-state index contributed by atoms with van der Waals surface area (Å²) in [5.41, 5.74) is 7.11. The van der Waals surface area contributed by atoms with Gasteiger partial charge in [-0.2, -0.15) is 0 Å². The van der Waals surface area contributed by atoms with E-state index in [1.165, 1.54) is 5.57 Å². The summed E-state index contributed by atoms with van der Waals surface area (Å²) in [5.74, 6) is 0.974. The zero-order chi connectivity index (χ0) is 10.8. The molecule has 3 N–H and O–H groups in total. The summed E-state index contributed by atoms with van der Waals surface area (Å²) in [5, 5.41) is 3.93. The summed E-state index contributed by atoms with van der Waals surface area (Å²) in [6.45, 7) is 1.74. The van der Waals surface area contributed by atoms with Gasteiger partial charge in [0.2, 0.25) is 0 Å². The van der Waals surface area contributed by atoms with Gasteiger partial charge in [0, 0.05) is 32.6 Å². The largest absolute Gasteiger partial charge is 0.323 e. The first kappa shape index (κ1) is 10.7. The van der Waals surface area contributed by atoms with Crippen molar-refractivity contribution < 1.29 is 0 Å². The minimum absolute atomic E-state index is 0.115. The molecule has 1 aromatic heterocycles. The SMILES string of the molecule is Cn1c(Cl)cnc1CC1=CC(N)CNC1. The molecule has 0 spiro atoms. The molecule has 15 heavy (non-hydrogen) atoms. The number of rotatable bonds is 2. The van der Waals surface area contributed by atoms with Crippen LogP contribution in [0.1, 0.15) is 5.82 Å². The van der Waals surface area contributed by atoms with Crippen molar-refractivity contribution in [3.63, 3.8) is 0 Å². The molecular formula is C10H15ClN4. The second kappa shape index (κ2) is 4.35. The molecule has 1 aromatic rings. The molecule has 0 amide bonds. The molecule has 0 bridgehead atoms. The standard InChI is InChI=1S/C10H15ClN4/c1-15-9(11)6-14-10(15)3-7-2-8(12)5-13-4-7/h2,6,8,13H,3-5,12H2,1H3. The van der Waals surface area contributed by atoms with Gasteiger partial charge in [0.25, 0.3) is 0 Å². The van der Waals surface area contributed by atoms with Gasteiger partial charge in [-0.3, -0.25) is 0 Å². The maximum Gasteiger partial charge on any atom is 0.128 e. The van der Waals surface area contributed by atoms with E-state index in [0.717, 1.165) is 25.3 Å². The molecule has 4 nitrogen and oxygen atoms in total. The molecule has 82 valence electrons. The highest BCUT2D eigenvalue weighted by Gasteiger charge is 2.12. The Labute approximate surface area is 94.1 Å². The highest BCUT2D eigenvalue weighted by molar-refractivity contribution is 6.29. The van der Waals surface area contributed by atoms with Crippen LogP contribution in [0.15, 0.2) is 17.8 Å².